The summed E-state index contributed by atoms with van der Waals surface area (Å²) in [5.41, 5.74) is 2.96. The van der Waals surface area contributed by atoms with Gasteiger partial charge in [-0.3, -0.25) is 0 Å². The van der Waals surface area contributed by atoms with Crippen LogP contribution in [0.25, 0.3) is 0 Å². The maximum atomic E-state index is 3.47. The van der Waals surface area contributed by atoms with E-state index in [9.17, 15) is 0 Å². The van der Waals surface area contributed by atoms with Gasteiger partial charge in [0.2, 0.25) is 0 Å². The van der Waals surface area contributed by atoms with Crippen LogP contribution in [0, 0.1) is 6.92 Å². The molecular weight excluding hydrogens is 250 g/mol. The highest BCUT2D eigenvalue weighted by Gasteiger charge is 2.11. The van der Waals surface area contributed by atoms with Gasteiger partial charge in [0.25, 0.3) is 0 Å². The summed E-state index contributed by atoms with van der Waals surface area (Å²) in [5, 5.41) is 8.03. The van der Waals surface area contributed by atoms with Crippen LogP contribution in [0.4, 0.5) is 0 Å². The van der Waals surface area contributed by atoms with Gasteiger partial charge < -0.3 is 5.32 Å². The maximum Gasteiger partial charge on any atom is 0.0328 e. The average Bonchev–Trinajstić information content (AvgIpc) is 2.83. The van der Waals surface area contributed by atoms with E-state index < -0.39 is 0 Å². The number of hydrogen-bond donors (Lipinski definition) is 1. The number of unbranched alkanes of at least 4 members (excludes halogenated alkanes) is 7. The fourth-order valence-electron chi connectivity index (χ4n) is 2.67. The zero-order valence-corrected chi connectivity index (χ0v) is 13.8. The lowest BCUT2D eigenvalue weighted by molar-refractivity contribution is 0.494. The largest absolute Gasteiger partial charge is 0.313 e. The van der Waals surface area contributed by atoms with E-state index in [1.807, 2.05) is 11.3 Å². The molecular formula is C17H31NS. The molecule has 0 aliphatic heterocycles. The molecule has 19 heavy (non-hydrogen) atoms. The van der Waals surface area contributed by atoms with E-state index in [-0.39, 0.29) is 0 Å². The number of aryl methyl sites for hydroxylation is 1. The molecule has 110 valence electrons. The van der Waals surface area contributed by atoms with Crippen LogP contribution in [0.3, 0.4) is 0 Å². The van der Waals surface area contributed by atoms with E-state index in [1.165, 1.54) is 68.9 Å². The van der Waals surface area contributed by atoms with Crippen LogP contribution >= 0.6 is 11.3 Å². The third-order valence-electron chi connectivity index (χ3n) is 3.97. The maximum absolute atomic E-state index is 3.47. The molecule has 2 heteroatoms. The van der Waals surface area contributed by atoms with Crippen molar-refractivity contribution >= 4 is 11.3 Å². The van der Waals surface area contributed by atoms with Gasteiger partial charge in [-0.05, 0) is 42.3 Å². The van der Waals surface area contributed by atoms with Crippen molar-refractivity contribution < 1.29 is 0 Å². The second kappa shape index (κ2) is 10.4. The standard InChI is InChI=1S/C17H31NS/c1-4-5-6-7-8-9-10-11-12-17(18-3)16-14-19-13-15(16)2/h13-14,17-18H,4-12H2,1-3H3. The fourth-order valence-corrected chi connectivity index (χ4v) is 3.57. The quantitative estimate of drug-likeness (QED) is 0.502. The predicted octanol–water partition coefficient (Wildman–Crippen LogP) is 5.85. The first-order valence-corrected chi connectivity index (χ1v) is 8.93. The van der Waals surface area contributed by atoms with Crippen molar-refractivity contribution in [3.8, 4) is 0 Å². The molecule has 0 bridgehead atoms. The second-order valence-electron chi connectivity index (χ2n) is 5.61. The zero-order valence-electron chi connectivity index (χ0n) is 13.0. The molecule has 0 fully saturated rings. The molecule has 1 unspecified atom stereocenters. The Morgan fingerprint density at radius 1 is 1.00 bits per heavy atom. The number of thiophene rings is 1. The monoisotopic (exact) mass is 281 g/mol. The molecule has 1 nitrogen and oxygen atoms in total. The minimum atomic E-state index is 0.561. The van der Waals surface area contributed by atoms with Crippen molar-refractivity contribution in [1.29, 1.82) is 0 Å². The van der Waals surface area contributed by atoms with Crippen LogP contribution < -0.4 is 5.32 Å². The molecule has 0 amide bonds. The first-order valence-electron chi connectivity index (χ1n) is 7.99. The smallest absolute Gasteiger partial charge is 0.0328 e. The molecule has 0 aliphatic carbocycles. The molecule has 0 radical (unpaired) electrons. The molecule has 0 aliphatic rings. The molecule has 1 rings (SSSR count). The van der Waals surface area contributed by atoms with Gasteiger partial charge in [-0.25, -0.2) is 0 Å². The molecule has 1 N–H and O–H groups in total. The molecule has 0 saturated carbocycles. The normalized spacial score (nSPS) is 12.8. The molecule has 1 aromatic heterocycles. The van der Waals surface area contributed by atoms with Crippen molar-refractivity contribution in [2.45, 2.75) is 77.7 Å². The van der Waals surface area contributed by atoms with Gasteiger partial charge in [0.05, 0.1) is 0 Å². The Labute approximate surface area is 123 Å². The highest BCUT2D eigenvalue weighted by molar-refractivity contribution is 7.08. The topological polar surface area (TPSA) is 12.0 Å². The summed E-state index contributed by atoms with van der Waals surface area (Å²) in [4.78, 5) is 0. The van der Waals surface area contributed by atoms with Gasteiger partial charge in [0.1, 0.15) is 0 Å². The van der Waals surface area contributed by atoms with Crippen LogP contribution in [0.15, 0.2) is 10.8 Å². The molecule has 1 atom stereocenters. The molecule has 0 saturated heterocycles. The summed E-state index contributed by atoms with van der Waals surface area (Å²) >= 11 is 1.82. The number of hydrogen-bond acceptors (Lipinski definition) is 2. The van der Waals surface area contributed by atoms with Crippen molar-refractivity contribution in [3.63, 3.8) is 0 Å². The highest BCUT2D eigenvalue weighted by Crippen LogP contribution is 2.25. The lowest BCUT2D eigenvalue weighted by Crippen LogP contribution is -2.16. The van der Waals surface area contributed by atoms with Crippen LogP contribution in [0.1, 0.15) is 81.9 Å². The van der Waals surface area contributed by atoms with Crippen LogP contribution in [0.5, 0.6) is 0 Å². The first-order chi connectivity index (χ1) is 9.29. The summed E-state index contributed by atoms with van der Waals surface area (Å²) in [5.74, 6) is 0. The summed E-state index contributed by atoms with van der Waals surface area (Å²) in [6, 6.07) is 0.561. The third kappa shape index (κ3) is 6.58. The average molecular weight is 282 g/mol. The van der Waals surface area contributed by atoms with E-state index in [2.05, 4.69) is 37.0 Å². The van der Waals surface area contributed by atoms with Crippen molar-refractivity contribution in [2.75, 3.05) is 7.05 Å². The molecule has 1 heterocycles. The lowest BCUT2D eigenvalue weighted by atomic mass is 9.99. The number of rotatable bonds is 11. The second-order valence-corrected chi connectivity index (χ2v) is 6.36. The summed E-state index contributed by atoms with van der Waals surface area (Å²) < 4.78 is 0. The van der Waals surface area contributed by atoms with Gasteiger partial charge in [0, 0.05) is 6.04 Å². The Bertz CT molecular complexity index is 319. The van der Waals surface area contributed by atoms with E-state index in [0.717, 1.165) is 0 Å². The molecule has 0 spiro atoms. The van der Waals surface area contributed by atoms with Crippen molar-refractivity contribution in [3.05, 3.63) is 21.9 Å². The van der Waals surface area contributed by atoms with E-state index in [0.29, 0.717) is 6.04 Å². The minimum absolute atomic E-state index is 0.561. The summed E-state index contributed by atoms with van der Waals surface area (Å²) in [6.45, 7) is 4.51. The third-order valence-corrected chi connectivity index (χ3v) is 4.85. The van der Waals surface area contributed by atoms with E-state index in [4.69, 9.17) is 0 Å². The van der Waals surface area contributed by atoms with Gasteiger partial charge >= 0.3 is 0 Å². The Kier molecular flexibility index (Phi) is 9.19. The summed E-state index contributed by atoms with van der Waals surface area (Å²) in [6.07, 6.45) is 12.5. The SMILES string of the molecule is CCCCCCCCCCC(NC)c1cscc1C. The van der Waals surface area contributed by atoms with Crippen molar-refractivity contribution in [2.24, 2.45) is 0 Å². The zero-order chi connectivity index (χ0) is 13.9. The number of nitrogens with one attached hydrogen (secondary N) is 1. The van der Waals surface area contributed by atoms with Crippen LogP contribution in [0.2, 0.25) is 0 Å². The van der Waals surface area contributed by atoms with Gasteiger partial charge in [-0.15, -0.1) is 0 Å². The van der Waals surface area contributed by atoms with Gasteiger partial charge in [-0.2, -0.15) is 11.3 Å². The van der Waals surface area contributed by atoms with Crippen molar-refractivity contribution in [1.82, 2.24) is 5.32 Å². The van der Waals surface area contributed by atoms with Gasteiger partial charge in [-0.1, -0.05) is 58.3 Å². The molecule has 0 aromatic carbocycles. The Morgan fingerprint density at radius 3 is 2.16 bits per heavy atom. The van der Waals surface area contributed by atoms with Crippen LogP contribution in [-0.4, -0.2) is 7.05 Å². The fraction of sp³-hybridized carbons (Fsp3) is 0.765. The van der Waals surface area contributed by atoms with E-state index >= 15 is 0 Å². The predicted molar refractivity (Wildman–Crippen MR) is 88.1 cm³/mol. The Balaban J connectivity index is 2.09. The first kappa shape index (κ1) is 16.7. The highest BCUT2D eigenvalue weighted by atomic mass is 32.1. The lowest BCUT2D eigenvalue weighted by Gasteiger charge is -2.16. The van der Waals surface area contributed by atoms with Crippen LogP contribution in [-0.2, 0) is 0 Å². The molecule has 1 aromatic rings. The van der Waals surface area contributed by atoms with Gasteiger partial charge in [0.15, 0.2) is 0 Å². The minimum Gasteiger partial charge on any atom is -0.313 e. The Hall–Kier alpha value is -0.340. The Morgan fingerprint density at radius 2 is 1.63 bits per heavy atom. The summed E-state index contributed by atoms with van der Waals surface area (Å²) in [7, 11) is 2.09. The van der Waals surface area contributed by atoms with E-state index in [1.54, 1.807) is 0 Å².